The molecule has 1 N–H and O–H groups in total. The van der Waals surface area contributed by atoms with Gasteiger partial charge in [-0.1, -0.05) is 35.3 Å². The van der Waals surface area contributed by atoms with Gasteiger partial charge in [0.2, 0.25) is 5.15 Å². The predicted molar refractivity (Wildman–Crippen MR) is 75.3 cm³/mol. The topological polar surface area (TPSA) is 85.1 Å². The molecule has 0 bridgehead atoms. The molecule has 0 aliphatic heterocycles. The van der Waals surface area contributed by atoms with Crippen molar-refractivity contribution in [2.24, 2.45) is 0 Å². The van der Waals surface area contributed by atoms with Gasteiger partial charge in [-0.25, -0.2) is 4.98 Å². The van der Waals surface area contributed by atoms with Crippen LogP contribution in [0.5, 0.6) is 0 Å². The fraction of sp³-hybridized carbons (Fsp3) is 0. The quantitative estimate of drug-likeness (QED) is 0.533. The lowest BCUT2D eigenvalue weighted by atomic mass is 10.2. The smallest absolute Gasteiger partial charge is 0.319 e. The summed E-state index contributed by atoms with van der Waals surface area (Å²) in [7, 11) is 0. The number of halogens is 2. The Balaban J connectivity index is 2.38. The van der Waals surface area contributed by atoms with Crippen LogP contribution in [0, 0.1) is 10.1 Å². The second kappa shape index (κ2) is 5.85. The Bertz CT molecular complexity index is 691. The zero-order valence-electron chi connectivity index (χ0n) is 9.84. The lowest BCUT2D eigenvalue weighted by Gasteiger charge is -2.07. The molecule has 0 unspecified atom stereocenters. The van der Waals surface area contributed by atoms with Crippen molar-refractivity contribution in [2.45, 2.75) is 0 Å². The summed E-state index contributed by atoms with van der Waals surface area (Å²) < 4.78 is 0. The first-order valence-corrected chi connectivity index (χ1v) is 6.11. The van der Waals surface area contributed by atoms with E-state index in [1.807, 2.05) is 0 Å². The minimum atomic E-state index is -0.753. The lowest BCUT2D eigenvalue weighted by molar-refractivity contribution is -0.385. The molecular formula is C12H7Cl2N3O3. The lowest BCUT2D eigenvalue weighted by Crippen LogP contribution is -2.14. The molecule has 0 aliphatic carbocycles. The number of para-hydroxylation sites is 1. The van der Waals surface area contributed by atoms with Gasteiger partial charge < -0.3 is 5.32 Å². The van der Waals surface area contributed by atoms with E-state index in [1.165, 1.54) is 12.3 Å². The van der Waals surface area contributed by atoms with Crippen LogP contribution in [-0.2, 0) is 0 Å². The van der Waals surface area contributed by atoms with Crippen molar-refractivity contribution in [3.63, 3.8) is 0 Å². The molecule has 6 nitrogen and oxygen atoms in total. The van der Waals surface area contributed by atoms with Crippen molar-refractivity contribution < 1.29 is 9.72 Å². The number of aromatic nitrogens is 1. The van der Waals surface area contributed by atoms with E-state index in [2.05, 4.69) is 10.3 Å². The van der Waals surface area contributed by atoms with Gasteiger partial charge in [0.15, 0.2) is 0 Å². The first-order chi connectivity index (χ1) is 9.50. The normalized spacial score (nSPS) is 10.1. The number of hydrogen-bond donors (Lipinski definition) is 1. The van der Waals surface area contributed by atoms with Crippen LogP contribution < -0.4 is 5.32 Å². The first kappa shape index (κ1) is 14.2. The standard InChI is InChI=1S/C12H7Cl2N3O3/c13-8-3-1-2-4-9(8)16-12(18)7-5-6-15-11(14)10(7)17(19)20/h1-6H,(H,16,18). The van der Waals surface area contributed by atoms with Gasteiger partial charge in [0.05, 0.1) is 15.6 Å². The second-order valence-electron chi connectivity index (χ2n) is 3.69. The van der Waals surface area contributed by atoms with Crippen molar-refractivity contribution >= 4 is 40.5 Å². The van der Waals surface area contributed by atoms with Crippen molar-refractivity contribution in [3.8, 4) is 0 Å². The van der Waals surface area contributed by atoms with E-state index in [9.17, 15) is 14.9 Å². The van der Waals surface area contributed by atoms with Crippen LogP contribution in [0.1, 0.15) is 10.4 Å². The molecule has 2 rings (SSSR count). The zero-order valence-corrected chi connectivity index (χ0v) is 11.4. The van der Waals surface area contributed by atoms with Crippen LogP contribution in [0.4, 0.5) is 11.4 Å². The summed E-state index contributed by atoms with van der Waals surface area (Å²) in [5.74, 6) is -0.686. The SMILES string of the molecule is O=C(Nc1ccccc1Cl)c1ccnc(Cl)c1[N+](=O)[O-]. The molecule has 1 heterocycles. The predicted octanol–water partition coefficient (Wildman–Crippen LogP) is 3.55. The molecule has 0 saturated carbocycles. The largest absolute Gasteiger partial charge is 0.320 e. The highest BCUT2D eigenvalue weighted by molar-refractivity contribution is 6.34. The van der Waals surface area contributed by atoms with Crippen molar-refractivity contribution in [1.82, 2.24) is 4.98 Å². The van der Waals surface area contributed by atoms with Gasteiger partial charge in [0.1, 0.15) is 5.56 Å². The van der Waals surface area contributed by atoms with E-state index in [0.29, 0.717) is 10.7 Å². The van der Waals surface area contributed by atoms with Crippen molar-refractivity contribution in [3.05, 3.63) is 62.4 Å². The van der Waals surface area contributed by atoms with Crippen LogP contribution in [-0.4, -0.2) is 15.8 Å². The van der Waals surface area contributed by atoms with E-state index in [-0.39, 0.29) is 10.7 Å². The van der Waals surface area contributed by atoms with Crippen molar-refractivity contribution in [1.29, 1.82) is 0 Å². The summed E-state index contributed by atoms with van der Waals surface area (Å²) >= 11 is 11.5. The van der Waals surface area contributed by atoms with E-state index < -0.39 is 16.5 Å². The van der Waals surface area contributed by atoms with Crippen LogP contribution in [0.3, 0.4) is 0 Å². The number of pyridine rings is 1. The summed E-state index contributed by atoms with van der Waals surface area (Å²) in [5.41, 5.74) is -0.380. The monoisotopic (exact) mass is 311 g/mol. The maximum absolute atomic E-state index is 12.1. The van der Waals surface area contributed by atoms with Crippen LogP contribution >= 0.6 is 23.2 Å². The summed E-state index contributed by atoms with van der Waals surface area (Å²) in [6.45, 7) is 0. The molecule has 0 saturated heterocycles. The molecule has 0 atom stereocenters. The van der Waals surface area contributed by atoms with Crippen LogP contribution in [0.2, 0.25) is 10.2 Å². The molecular weight excluding hydrogens is 305 g/mol. The Kier molecular flexibility index (Phi) is 4.16. The number of benzene rings is 1. The zero-order chi connectivity index (χ0) is 14.7. The number of nitrogens with one attached hydrogen (secondary N) is 1. The Labute approximate surface area is 123 Å². The minimum absolute atomic E-state index is 0.185. The third-order valence-electron chi connectivity index (χ3n) is 2.43. The molecule has 8 heteroatoms. The molecule has 2 aromatic rings. The number of hydrogen-bond acceptors (Lipinski definition) is 4. The molecule has 1 amide bonds. The van der Waals surface area contributed by atoms with Gasteiger partial charge in [-0.15, -0.1) is 0 Å². The third-order valence-corrected chi connectivity index (χ3v) is 3.04. The average Bonchev–Trinajstić information content (AvgIpc) is 2.40. The number of carbonyl (C=O) groups is 1. The molecule has 0 fully saturated rings. The molecule has 0 spiro atoms. The molecule has 102 valence electrons. The van der Waals surface area contributed by atoms with E-state index in [4.69, 9.17) is 23.2 Å². The first-order valence-electron chi connectivity index (χ1n) is 5.35. The number of amides is 1. The fourth-order valence-corrected chi connectivity index (χ4v) is 1.95. The Morgan fingerprint density at radius 1 is 1.25 bits per heavy atom. The van der Waals surface area contributed by atoms with Crippen LogP contribution in [0.25, 0.3) is 0 Å². The minimum Gasteiger partial charge on any atom is -0.320 e. The second-order valence-corrected chi connectivity index (χ2v) is 4.45. The Morgan fingerprint density at radius 3 is 2.60 bits per heavy atom. The molecule has 0 aliphatic rings. The van der Waals surface area contributed by atoms with Gasteiger partial charge in [-0.3, -0.25) is 14.9 Å². The fourth-order valence-electron chi connectivity index (χ4n) is 1.54. The Morgan fingerprint density at radius 2 is 1.95 bits per heavy atom. The average molecular weight is 312 g/mol. The Hall–Kier alpha value is -2.18. The summed E-state index contributed by atoms with van der Waals surface area (Å²) in [5, 5.41) is 13.4. The third kappa shape index (κ3) is 2.87. The summed E-state index contributed by atoms with van der Waals surface area (Å²) in [4.78, 5) is 25.9. The highest BCUT2D eigenvalue weighted by Crippen LogP contribution is 2.28. The molecule has 0 radical (unpaired) electrons. The number of nitrogens with zero attached hydrogens (tertiary/aromatic N) is 2. The van der Waals surface area contributed by atoms with E-state index in [0.717, 1.165) is 0 Å². The molecule has 20 heavy (non-hydrogen) atoms. The maximum atomic E-state index is 12.1. The van der Waals surface area contributed by atoms with Crippen molar-refractivity contribution in [2.75, 3.05) is 5.32 Å². The highest BCUT2D eigenvalue weighted by atomic mass is 35.5. The number of anilines is 1. The maximum Gasteiger partial charge on any atom is 0.319 e. The van der Waals surface area contributed by atoms with Gasteiger partial charge in [-0.2, -0.15) is 0 Å². The molecule has 1 aromatic carbocycles. The van der Waals surface area contributed by atoms with Gasteiger partial charge in [0, 0.05) is 6.20 Å². The van der Waals surface area contributed by atoms with E-state index in [1.54, 1.807) is 24.3 Å². The van der Waals surface area contributed by atoms with Crippen LogP contribution in [0.15, 0.2) is 36.5 Å². The van der Waals surface area contributed by atoms with Gasteiger partial charge in [-0.05, 0) is 18.2 Å². The number of carbonyl (C=O) groups excluding carboxylic acids is 1. The number of rotatable bonds is 3. The molecule has 1 aromatic heterocycles. The summed E-state index contributed by atoms with van der Waals surface area (Å²) in [6, 6.07) is 7.76. The van der Waals surface area contributed by atoms with Gasteiger partial charge in [0.25, 0.3) is 5.91 Å². The summed E-state index contributed by atoms with van der Waals surface area (Å²) in [6.07, 6.45) is 1.22. The van der Waals surface area contributed by atoms with E-state index >= 15 is 0 Å². The van der Waals surface area contributed by atoms with Gasteiger partial charge >= 0.3 is 5.69 Å². The number of nitro groups is 1. The highest BCUT2D eigenvalue weighted by Gasteiger charge is 2.25.